The second-order valence-corrected chi connectivity index (χ2v) is 8.62. The SMILES string of the molecule is CCCCCCCCOS(=O)(=O)CCCCCCCC.O=C([O-])CCC(=O)[O-].[Ca+2]. The zero-order valence-electron chi connectivity index (χ0n) is 18.3. The van der Waals surface area contributed by atoms with Gasteiger partial charge in [-0.25, -0.2) is 0 Å². The average Bonchev–Trinajstić information content (AvgIpc) is 2.62. The number of carboxylic acid groups (broad SMARTS) is 2. The Morgan fingerprint density at radius 2 is 1.07 bits per heavy atom. The van der Waals surface area contributed by atoms with E-state index < -0.39 is 34.9 Å². The topological polar surface area (TPSA) is 124 Å². The van der Waals surface area contributed by atoms with Crippen LogP contribution >= 0.6 is 0 Å². The fourth-order valence-corrected chi connectivity index (χ4v) is 3.44. The second kappa shape index (κ2) is 24.4. The first kappa shape index (κ1) is 33.7. The maximum absolute atomic E-state index is 11.6. The summed E-state index contributed by atoms with van der Waals surface area (Å²) in [6, 6.07) is 0. The van der Waals surface area contributed by atoms with Crippen LogP contribution in [0.2, 0.25) is 0 Å². The Labute approximate surface area is 207 Å². The van der Waals surface area contributed by atoms with Gasteiger partial charge in [0.25, 0.3) is 10.1 Å². The second-order valence-electron chi connectivity index (χ2n) is 6.86. The third kappa shape index (κ3) is 33.0. The molecule has 0 rings (SSSR count). The molecular formula is C20H38CaO7S. The van der Waals surface area contributed by atoms with Gasteiger partial charge in [0.1, 0.15) is 0 Å². The fourth-order valence-electron chi connectivity index (χ4n) is 2.39. The summed E-state index contributed by atoms with van der Waals surface area (Å²) in [7, 11) is -3.27. The molecule has 0 saturated carbocycles. The smallest absolute Gasteiger partial charge is 0.550 e. The van der Waals surface area contributed by atoms with Crippen LogP contribution in [0.4, 0.5) is 0 Å². The molecule has 0 unspecified atom stereocenters. The van der Waals surface area contributed by atoms with Crippen molar-refractivity contribution in [1.82, 2.24) is 0 Å². The Balaban J connectivity index is -0.000000636. The van der Waals surface area contributed by atoms with E-state index in [0.717, 1.165) is 32.1 Å². The monoisotopic (exact) mass is 462 g/mol. The van der Waals surface area contributed by atoms with E-state index in [1.54, 1.807) is 0 Å². The third-order valence-corrected chi connectivity index (χ3v) is 5.36. The van der Waals surface area contributed by atoms with Crippen molar-refractivity contribution in [3.05, 3.63) is 0 Å². The molecule has 0 aliphatic rings. The molecule has 0 aromatic rings. The van der Waals surface area contributed by atoms with E-state index in [1.807, 2.05) is 0 Å². The van der Waals surface area contributed by atoms with E-state index in [4.69, 9.17) is 4.18 Å². The van der Waals surface area contributed by atoms with Gasteiger partial charge in [0.15, 0.2) is 0 Å². The van der Waals surface area contributed by atoms with E-state index in [2.05, 4.69) is 13.8 Å². The number of carboxylic acids is 2. The maximum atomic E-state index is 11.6. The van der Waals surface area contributed by atoms with Gasteiger partial charge in [-0.05, 0) is 25.7 Å². The van der Waals surface area contributed by atoms with Crippen molar-refractivity contribution < 1.29 is 32.4 Å². The molecule has 9 heteroatoms. The Kier molecular flexibility index (Phi) is 28.4. The minimum absolute atomic E-state index is 0. The van der Waals surface area contributed by atoms with Crippen molar-refractivity contribution in [2.75, 3.05) is 12.4 Å². The van der Waals surface area contributed by atoms with Crippen molar-refractivity contribution >= 4 is 59.8 Å². The summed E-state index contributed by atoms with van der Waals surface area (Å²) < 4.78 is 28.3. The van der Waals surface area contributed by atoms with Gasteiger partial charge in [-0.15, -0.1) is 0 Å². The molecule has 0 N–H and O–H groups in total. The van der Waals surface area contributed by atoms with Gasteiger partial charge in [0.2, 0.25) is 0 Å². The van der Waals surface area contributed by atoms with Crippen LogP contribution in [-0.2, 0) is 23.9 Å². The van der Waals surface area contributed by atoms with E-state index >= 15 is 0 Å². The molecule has 0 bridgehead atoms. The van der Waals surface area contributed by atoms with Crippen molar-refractivity contribution in [3.8, 4) is 0 Å². The first-order valence-corrected chi connectivity index (χ1v) is 12.1. The molecule has 0 aromatic heterocycles. The van der Waals surface area contributed by atoms with Gasteiger partial charge in [0.05, 0.1) is 12.4 Å². The summed E-state index contributed by atoms with van der Waals surface area (Å²) in [5, 5.41) is 19.0. The summed E-state index contributed by atoms with van der Waals surface area (Å²) >= 11 is 0. The molecule has 29 heavy (non-hydrogen) atoms. The predicted octanol–water partition coefficient (Wildman–Crippen LogP) is 1.94. The van der Waals surface area contributed by atoms with Crippen LogP contribution in [-0.4, -0.2) is 70.5 Å². The number of aliphatic carboxylic acids is 2. The molecule has 0 saturated heterocycles. The molecule has 0 fully saturated rings. The van der Waals surface area contributed by atoms with Crippen LogP contribution in [0, 0.1) is 0 Å². The predicted molar refractivity (Wildman–Crippen MR) is 111 cm³/mol. The average molecular weight is 463 g/mol. The number of rotatable bonds is 18. The van der Waals surface area contributed by atoms with Crippen LogP contribution in [0.5, 0.6) is 0 Å². The standard InChI is InChI=1S/C16H34O3S.C4H6O4.Ca/c1-3-5-7-9-11-13-15-19-20(17,18)16-14-12-10-8-6-4-2;5-3(6)1-2-4(7)8;/h3-16H2,1-2H3;1-2H2,(H,5,6)(H,7,8);/q;;+2/p-2. The summed E-state index contributed by atoms with van der Waals surface area (Å²) in [6.45, 7) is 4.74. The van der Waals surface area contributed by atoms with Crippen LogP contribution in [0.25, 0.3) is 0 Å². The summed E-state index contributed by atoms with van der Waals surface area (Å²) in [4.78, 5) is 19.0. The van der Waals surface area contributed by atoms with Gasteiger partial charge in [-0.2, -0.15) is 8.42 Å². The zero-order valence-corrected chi connectivity index (χ0v) is 21.3. The molecule has 0 aliphatic carbocycles. The summed E-state index contributed by atoms with van der Waals surface area (Å²) in [6.07, 6.45) is 12.5. The molecule has 0 radical (unpaired) electrons. The minimum atomic E-state index is -3.27. The quantitative estimate of drug-likeness (QED) is 0.173. The molecule has 0 amide bonds. The van der Waals surface area contributed by atoms with E-state index in [-0.39, 0.29) is 43.5 Å². The molecule has 0 heterocycles. The summed E-state index contributed by atoms with van der Waals surface area (Å²) in [5.74, 6) is -2.54. The number of carbonyl (C=O) groups excluding carboxylic acids is 2. The summed E-state index contributed by atoms with van der Waals surface area (Å²) in [5.41, 5.74) is 0. The van der Waals surface area contributed by atoms with Crippen LogP contribution in [0.1, 0.15) is 104 Å². The van der Waals surface area contributed by atoms with E-state index in [9.17, 15) is 28.2 Å². The van der Waals surface area contributed by atoms with Crippen molar-refractivity contribution in [2.45, 2.75) is 104 Å². The molecule has 0 aromatic carbocycles. The van der Waals surface area contributed by atoms with Gasteiger partial charge >= 0.3 is 37.7 Å². The Hall–Kier alpha value is 0.110. The fraction of sp³-hybridized carbons (Fsp3) is 0.900. The number of hydrogen-bond acceptors (Lipinski definition) is 7. The van der Waals surface area contributed by atoms with Crippen LogP contribution in [0.15, 0.2) is 0 Å². The third-order valence-electron chi connectivity index (χ3n) is 4.04. The number of unbranched alkanes of at least 4 members (excludes halogenated alkanes) is 10. The van der Waals surface area contributed by atoms with Crippen molar-refractivity contribution in [1.29, 1.82) is 0 Å². The Morgan fingerprint density at radius 1 is 0.690 bits per heavy atom. The van der Waals surface area contributed by atoms with Crippen LogP contribution in [0.3, 0.4) is 0 Å². The molecule has 0 aliphatic heterocycles. The van der Waals surface area contributed by atoms with Gasteiger partial charge in [-0.1, -0.05) is 78.1 Å². The molecular weight excluding hydrogens is 424 g/mol. The van der Waals surface area contributed by atoms with Gasteiger partial charge < -0.3 is 19.8 Å². The van der Waals surface area contributed by atoms with Gasteiger partial charge in [-0.3, -0.25) is 4.18 Å². The number of carbonyl (C=O) groups is 2. The molecule has 0 spiro atoms. The van der Waals surface area contributed by atoms with Gasteiger partial charge in [0, 0.05) is 11.9 Å². The normalized spacial score (nSPS) is 10.6. The first-order chi connectivity index (χ1) is 13.2. The number of hydrogen-bond donors (Lipinski definition) is 0. The largest absolute Gasteiger partial charge is 2.00 e. The van der Waals surface area contributed by atoms with Crippen molar-refractivity contribution in [3.63, 3.8) is 0 Å². The first-order valence-electron chi connectivity index (χ1n) is 10.5. The van der Waals surface area contributed by atoms with Crippen molar-refractivity contribution in [2.24, 2.45) is 0 Å². The zero-order chi connectivity index (χ0) is 21.7. The van der Waals surface area contributed by atoms with E-state index in [1.165, 1.54) is 44.9 Å². The maximum Gasteiger partial charge on any atom is 2.00 e. The Morgan fingerprint density at radius 3 is 1.48 bits per heavy atom. The molecule has 7 nitrogen and oxygen atoms in total. The minimum Gasteiger partial charge on any atom is -0.550 e. The van der Waals surface area contributed by atoms with E-state index in [0.29, 0.717) is 6.61 Å². The van der Waals surface area contributed by atoms with Crippen LogP contribution < -0.4 is 10.2 Å². The Bertz CT molecular complexity index is 467. The molecule has 168 valence electrons. The molecule has 0 atom stereocenters.